The maximum atomic E-state index is 13.7. The molecule has 2 rings (SSSR count). The van der Waals surface area contributed by atoms with Gasteiger partial charge in [0.2, 0.25) is 0 Å². The first-order valence-corrected chi connectivity index (χ1v) is 7.65. The van der Waals surface area contributed by atoms with Crippen molar-refractivity contribution in [1.29, 1.82) is 0 Å². The van der Waals surface area contributed by atoms with Gasteiger partial charge in [-0.15, -0.1) is 0 Å². The molecule has 0 saturated heterocycles. The highest BCUT2D eigenvalue weighted by Crippen LogP contribution is 2.25. The average molecular weight is 389 g/mol. The van der Waals surface area contributed by atoms with Crippen LogP contribution in [0.15, 0.2) is 42.5 Å². The van der Waals surface area contributed by atoms with E-state index in [-0.39, 0.29) is 17.8 Å². The van der Waals surface area contributed by atoms with E-state index in [0.717, 1.165) is 0 Å². The lowest BCUT2D eigenvalue weighted by Gasteiger charge is -2.07. The summed E-state index contributed by atoms with van der Waals surface area (Å²) in [6.07, 6.45) is -4.39. The molecule has 0 amide bonds. The second-order valence-corrected chi connectivity index (χ2v) is 5.29. The first-order chi connectivity index (χ1) is 12.6. The molecule has 0 bridgehead atoms. The fourth-order valence-corrected chi connectivity index (χ4v) is 2.00. The predicted molar refractivity (Wildman–Crippen MR) is 88.1 cm³/mol. The molecule has 0 radical (unpaired) electrons. The number of aliphatic carboxylic acids is 1. The maximum Gasteiger partial charge on any atom is 0.490 e. The van der Waals surface area contributed by atoms with Crippen LogP contribution in [0.25, 0.3) is 11.1 Å². The molecule has 2 aromatic rings. The van der Waals surface area contributed by atoms with Crippen molar-refractivity contribution < 1.29 is 36.6 Å². The van der Waals surface area contributed by atoms with Crippen molar-refractivity contribution in [2.45, 2.75) is 19.0 Å². The van der Waals surface area contributed by atoms with Gasteiger partial charge in [0.25, 0.3) is 0 Å². The minimum absolute atomic E-state index is 0.0146. The number of carbonyl (C=O) groups excluding carboxylic acids is 1. The zero-order valence-electron chi connectivity index (χ0n) is 13.9. The number of nitrogens with two attached hydrogens (primary N) is 1. The highest BCUT2D eigenvalue weighted by Gasteiger charge is 2.38. The summed E-state index contributed by atoms with van der Waals surface area (Å²) in [5, 5.41) is 7.12. The molecule has 2 aromatic carbocycles. The number of Topliss-reactive ketones (excluding diaryl/α,β-unsaturated/α-hetero) is 1. The van der Waals surface area contributed by atoms with Crippen molar-refractivity contribution in [2.75, 3.05) is 6.54 Å². The first kappa shape index (κ1) is 22.2. The number of alkyl halides is 3. The van der Waals surface area contributed by atoms with Gasteiger partial charge in [0, 0.05) is 12.0 Å². The lowest BCUT2D eigenvalue weighted by atomic mass is 9.99. The highest BCUT2D eigenvalue weighted by atomic mass is 19.4. The van der Waals surface area contributed by atoms with Gasteiger partial charge in [-0.25, -0.2) is 13.6 Å². The summed E-state index contributed by atoms with van der Waals surface area (Å²) in [5.74, 6) is -4.06. The topological polar surface area (TPSA) is 80.4 Å². The first-order valence-electron chi connectivity index (χ1n) is 7.65. The monoisotopic (exact) mass is 389 g/mol. The van der Waals surface area contributed by atoms with E-state index in [2.05, 4.69) is 0 Å². The fraction of sp³-hybridized carbons (Fsp3) is 0.222. The van der Waals surface area contributed by atoms with Crippen molar-refractivity contribution in [1.82, 2.24) is 0 Å². The zero-order valence-corrected chi connectivity index (χ0v) is 13.9. The van der Waals surface area contributed by atoms with Gasteiger partial charge in [0.15, 0.2) is 5.78 Å². The van der Waals surface area contributed by atoms with E-state index in [1.807, 2.05) is 0 Å². The normalized spacial score (nSPS) is 10.7. The second kappa shape index (κ2) is 9.77. The Bertz CT molecular complexity index is 806. The van der Waals surface area contributed by atoms with Crippen LogP contribution in [0.3, 0.4) is 0 Å². The lowest BCUT2D eigenvalue weighted by Crippen LogP contribution is -2.21. The van der Waals surface area contributed by atoms with Crippen LogP contribution in [0.4, 0.5) is 22.0 Å². The van der Waals surface area contributed by atoms with Crippen LogP contribution in [-0.4, -0.2) is 29.6 Å². The van der Waals surface area contributed by atoms with Gasteiger partial charge in [-0.2, -0.15) is 13.2 Å². The van der Waals surface area contributed by atoms with Crippen molar-refractivity contribution in [3.8, 4) is 11.1 Å². The van der Waals surface area contributed by atoms with Crippen LogP contribution >= 0.6 is 0 Å². The van der Waals surface area contributed by atoms with E-state index in [4.69, 9.17) is 15.6 Å². The number of carboxylic acid groups (broad SMARTS) is 1. The van der Waals surface area contributed by atoms with Gasteiger partial charge in [-0.05, 0) is 36.7 Å². The molecular weight excluding hydrogens is 373 g/mol. The van der Waals surface area contributed by atoms with E-state index in [1.54, 1.807) is 18.2 Å². The lowest BCUT2D eigenvalue weighted by molar-refractivity contribution is -0.192. The van der Waals surface area contributed by atoms with Gasteiger partial charge in [-0.3, -0.25) is 4.79 Å². The smallest absolute Gasteiger partial charge is 0.475 e. The van der Waals surface area contributed by atoms with Gasteiger partial charge < -0.3 is 10.8 Å². The van der Waals surface area contributed by atoms with Gasteiger partial charge in [-0.1, -0.05) is 24.3 Å². The van der Waals surface area contributed by atoms with E-state index in [1.165, 1.54) is 24.3 Å². The number of hydrogen-bond donors (Lipinski definition) is 2. The van der Waals surface area contributed by atoms with Crippen molar-refractivity contribution in [3.05, 3.63) is 59.7 Å². The molecule has 9 heteroatoms. The summed E-state index contributed by atoms with van der Waals surface area (Å²) < 4.78 is 59.2. The van der Waals surface area contributed by atoms with E-state index < -0.39 is 23.8 Å². The van der Waals surface area contributed by atoms with Crippen LogP contribution < -0.4 is 5.73 Å². The van der Waals surface area contributed by atoms with Gasteiger partial charge in [0.1, 0.15) is 11.6 Å². The Morgan fingerprint density at radius 1 is 1.00 bits per heavy atom. The summed E-state index contributed by atoms with van der Waals surface area (Å²) in [6, 6.07) is 10.2. The van der Waals surface area contributed by atoms with Crippen LogP contribution in [0.2, 0.25) is 0 Å². The number of carbonyl (C=O) groups is 2. The highest BCUT2D eigenvalue weighted by molar-refractivity contribution is 5.97. The Morgan fingerprint density at radius 3 is 2.11 bits per heavy atom. The molecular formula is C18H16F5NO3. The molecule has 146 valence electrons. The number of hydrogen-bond acceptors (Lipinski definition) is 3. The summed E-state index contributed by atoms with van der Waals surface area (Å²) in [5.41, 5.74) is 6.16. The third-order valence-electron chi connectivity index (χ3n) is 3.30. The molecule has 0 aliphatic heterocycles. The van der Waals surface area contributed by atoms with E-state index in [0.29, 0.717) is 24.1 Å². The largest absolute Gasteiger partial charge is 0.490 e. The number of benzene rings is 2. The molecule has 0 atom stereocenters. The summed E-state index contributed by atoms with van der Waals surface area (Å²) in [4.78, 5) is 20.8. The second-order valence-electron chi connectivity index (χ2n) is 5.29. The Kier molecular flexibility index (Phi) is 8.04. The Hall–Kier alpha value is -2.81. The van der Waals surface area contributed by atoms with Crippen LogP contribution in [0, 0.1) is 11.6 Å². The van der Waals surface area contributed by atoms with Crippen LogP contribution in [0.1, 0.15) is 23.2 Å². The molecule has 0 unspecified atom stereocenters. The molecule has 0 fully saturated rings. The molecule has 3 N–H and O–H groups in total. The third kappa shape index (κ3) is 6.78. The van der Waals surface area contributed by atoms with Crippen LogP contribution in [-0.2, 0) is 4.79 Å². The average Bonchev–Trinajstić information content (AvgIpc) is 2.60. The Labute approximate surface area is 151 Å². The predicted octanol–water partition coefficient (Wildman–Crippen LogP) is 4.19. The fourth-order valence-electron chi connectivity index (χ4n) is 2.00. The summed E-state index contributed by atoms with van der Waals surface area (Å²) in [6.45, 7) is 0.375. The Balaban J connectivity index is 0.000000445. The van der Waals surface area contributed by atoms with Crippen molar-refractivity contribution in [2.24, 2.45) is 5.73 Å². The quantitative estimate of drug-likeness (QED) is 0.594. The minimum atomic E-state index is -5.08. The molecule has 0 aliphatic carbocycles. The third-order valence-corrected chi connectivity index (χ3v) is 3.30. The Morgan fingerprint density at radius 2 is 1.59 bits per heavy atom. The summed E-state index contributed by atoms with van der Waals surface area (Å²) >= 11 is 0. The molecule has 0 aliphatic rings. The number of halogens is 5. The minimum Gasteiger partial charge on any atom is -0.475 e. The van der Waals surface area contributed by atoms with Crippen molar-refractivity contribution >= 4 is 11.8 Å². The van der Waals surface area contributed by atoms with Gasteiger partial charge in [0.05, 0.1) is 5.56 Å². The molecule has 0 aromatic heterocycles. The maximum absolute atomic E-state index is 13.7. The number of rotatable bonds is 5. The SMILES string of the molecule is NCCCC(=O)c1cc(-c2ccccc2F)ccc1F.O=C(O)C(F)(F)F. The zero-order chi connectivity index (χ0) is 20.6. The van der Waals surface area contributed by atoms with Gasteiger partial charge >= 0.3 is 12.1 Å². The molecule has 0 heterocycles. The number of ketones is 1. The van der Waals surface area contributed by atoms with Crippen LogP contribution in [0.5, 0.6) is 0 Å². The van der Waals surface area contributed by atoms with Crippen molar-refractivity contribution in [3.63, 3.8) is 0 Å². The van der Waals surface area contributed by atoms with E-state index >= 15 is 0 Å². The summed E-state index contributed by atoms with van der Waals surface area (Å²) in [7, 11) is 0. The molecule has 27 heavy (non-hydrogen) atoms. The molecule has 0 spiro atoms. The molecule has 0 saturated carbocycles. The van der Waals surface area contributed by atoms with E-state index in [9.17, 15) is 26.7 Å². The standard InChI is InChI=1S/C16H15F2NO.C2HF3O2/c17-14-5-2-1-4-12(14)11-7-8-15(18)13(10-11)16(20)6-3-9-19;3-2(4,5)1(6)7/h1-2,4-5,7-8,10H,3,6,9,19H2;(H,6,7). The number of carboxylic acids is 1. The molecule has 4 nitrogen and oxygen atoms in total.